The number of aromatic nitrogens is 2. The van der Waals surface area contributed by atoms with Crippen molar-refractivity contribution in [3.05, 3.63) is 16.9 Å². The van der Waals surface area contributed by atoms with E-state index in [-0.39, 0.29) is 0 Å². The van der Waals surface area contributed by atoms with E-state index in [1.54, 1.807) is 12.4 Å². The van der Waals surface area contributed by atoms with Gasteiger partial charge in [-0.3, -0.25) is 0 Å². The summed E-state index contributed by atoms with van der Waals surface area (Å²) in [5.74, 6) is 0.659. The van der Waals surface area contributed by atoms with Gasteiger partial charge in [-0.05, 0) is 48.0 Å². The van der Waals surface area contributed by atoms with Crippen LogP contribution in [0.2, 0.25) is 0 Å². The quantitative estimate of drug-likeness (QED) is 0.784. The summed E-state index contributed by atoms with van der Waals surface area (Å²) in [5.41, 5.74) is 5.87. The van der Waals surface area contributed by atoms with Crippen LogP contribution in [-0.4, -0.2) is 35.3 Å². The molecule has 0 aromatic carbocycles. The largest absolute Gasteiger partial charge is 0.378 e. The van der Waals surface area contributed by atoms with E-state index in [1.807, 2.05) is 0 Å². The lowest BCUT2D eigenvalue weighted by Gasteiger charge is -2.26. The zero-order chi connectivity index (χ0) is 13.5. The first kappa shape index (κ1) is 14.7. The van der Waals surface area contributed by atoms with Gasteiger partial charge < -0.3 is 15.8 Å². The Labute approximate surface area is 122 Å². The molecule has 1 saturated carbocycles. The van der Waals surface area contributed by atoms with Crippen LogP contribution in [0.4, 0.5) is 5.95 Å². The average Bonchev–Trinajstić information content (AvgIpc) is 2.43. The van der Waals surface area contributed by atoms with Crippen LogP contribution in [0.15, 0.2) is 16.9 Å². The monoisotopic (exact) mass is 328 g/mol. The Bertz CT molecular complexity index is 365. The van der Waals surface area contributed by atoms with Crippen molar-refractivity contribution in [2.24, 2.45) is 5.73 Å². The van der Waals surface area contributed by atoms with Crippen molar-refractivity contribution in [2.45, 2.75) is 44.2 Å². The normalized spacial score (nSPS) is 23.3. The molecule has 0 aliphatic heterocycles. The van der Waals surface area contributed by atoms with Gasteiger partial charge in [-0.1, -0.05) is 0 Å². The third-order valence-electron chi connectivity index (χ3n) is 3.30. The molecule has 6 heteroatoms. The molecule has 0 atom stereocenters. The molecule has 1 aliphatic carbocycles. The SMILES string of the molecule is NC1CCC(OCCCNc2ncc(Br)cn2)CC1. The highest BCUT2D eigenvalue weighted by atomic mass is 79.9. The van der Waals surface area contributed by atoms with E-state index in [2.05, 4.69) is 31.2 Å². The molecule has 5 nitrogen and oxygen atoms in total. The molecule has 2 rings (SSSR count). The zero-order valence-corrected chi connectivity index (χ0v) is 12.6. The van der Waals surface area contributed by atoms with E-state index < -0.39 is 0 Å². The van der Waals surface area contributed by atoms with Gasteiger partial charge in [0.15, 0.2) is 0 Å². The van der Waals surface area contributed by atoms with Crippen LogP contribution in [-0.2, 0) is 4.74 Å². The first-order valence-corrected chi connectivity index (χ1v) is 7.62. The number of nitrogens with zero attached hydrogens (tertiary/aromatic N) is 2. The van der Waals surface area contributed by atoms with Crippen molar-refractivity contribution in [1.82, 2.24) is 9.97 Å². The average molecular weight is 329 g/mol. The second-order valence-corrected chi connectivity index (χ2v) is 5.83. The van der Waals surface area contributed by atoms with Crippen LogP contribution in [0.1, 0.15) is 32.1 Å². The molecule has 0 amide bonds. The fraction of sp³-hybridized carbons (Fsp3) is 0.692. The lowest BCUT2D eigenvalue weighted by Crippen LogP contribution is -2.30. The Balaban J connectivity index is 1.53. The van der Waals surface area contributed by atoms with Gasteiger partial charge in [0.1, 0.15) is 0 Å². The highest BCUT2D eigenvalue weighted by molar-refractivity contribution is 9.10. The predicted octanol–water partition coefficient (Wildman–Crippen LogP) is 2.33. The molecule has 1 aromatic rings. The second-order valence-electron chi connectivity index (χ2n) is 4.91. The van der Waals surface area contributed by atoms with E-state index in [4.69, 9.17) is 10.5 Å². The minimum absolute atomic E-state index is 0.385. The highest BCUT2D eigenvalue weighted by Gasteiger charge is 2.18. The van der Waals surface area contributed by atoms with Crippen molar-refractivity contribution in [3.63, 3.8) is 0 Å². The number of ether oxygens (including phenoxy) is 1. The van der Waals surface area contributed by atoms with E-state index in [0.717, 1.165) is 49.7 Å². The Morgan fingerprint density at radius 3 is 2.63 bits per heavy atom. The number of anilines is 1. The first-order chi connectivity index (χ1) is 9.24. The van der Waals surface area contributed by atoms with E-state index in [0.29, 0.717) is 18.1 Å². The van der Waals surface area contributed by atoms with Crippen molar-refractivity contribution in [2.75, 3.05) is 18.5 Å². The Morgan fingerprint density at radius 2 is 1.95 bits per heavy atom. The maximum atomic E-state index is 5.87. The summed E-state index contributed by atoms with van der Waals surface area (Å²) < 4.78 is 6.73. The maximum absolute atomic E-state index is 5.87. The molecular formula is C13H21BrN4O. The van der Waals surface area contributed by atoms with Gasteiger partial charge in [-0.25, -0.2) is 9.97 Å². The summed E-state index contributed by atoms with van der Waals surface area (Å²) in [6, 6.07) is 0.385. The topological polar surface area (TPSA) is 73.1 Å². The van der Waals surface area contributed by atoms with Gasteiger partial charge in [0, 0.05) is 31.6 Å². The minimum Gasteiger partial charge on any atom is -0.378 e. The van der Waals surface area contributed by atoms with Gasteiger partial charge in [0.25, 0.3) is 0 Å². The standard InChI is InChI=1S/C13H21BrN4O/c14-10-8-17-13(18-9-10)16-6-1-7-19-12-4-2-11(15)3-5-12/h8-9,11-12H,1-7,15H2,(H,16,17,18). The number of nitrogens with two attached hydrogens (primary N) is 1. The maximum Gasteiger partial charge on any atom is 0.222 e. The fourth-order valence-electron chi connectivity index (χ4n) is 2.18. The number of hydrogen-bond acceptors (Lipinski definition) is 5. The molecule has 0 bridgehead atoms. The van der Waals surface area contributed by atoms with Crippen LogP contribution >= 0.6 is 15.9 Å². The van der Waals surface area contributed by atoms with E-state index in [1.165, 1.54) is 0 Å². The van der Waals surface area contributed by atoms with Crippen LogP contribution in [0.3, 0.4) is 0 Å². The Kier molecular flexibility index (Phi) is 6.00. The van der Waals surface area contributed by atoms with Crippen LogP contribution in [0, 0.1) is 0 Å². The number of nitrogens with one attached hydrogen (secondary N) is 1. The molecule has 1 heterocycles. The molecule has 19 heavy (non-hydrogen) atoms. The third-order valence-corrected chi connectivity index (χ3v) is 3.71. The van der Waals surface area contributed by atoms with Gasteiger partial charge >= 0.3 is 0 Å². The fourth-order valence-corrected chi connectivity index (χ4v) is 2.39. The number of rotatable bonds is 6. The lowest BCUT2D eigenvalue weighted by molar-refractivity contribution is 0.0251. The zero-order valence-electron chi connectivity index (χ0n) is 11.0. The molecule has 106 valence electrons. The van der Waals surface area contributed by atoms with Crippen LogP contribution in [0.25, 0.3) is 0 Å². The molecule has 1 aromatic heterocycles. The van der Waals surface area contributed by atoms with Gasteiger partial charge in [-0.2, -0.15) is 0 Å². The van der Waals surface area contributed by atoms with Crippen molar-refractivity contribution in [3.8, 4) is 0 Å². The molecular weight excluding hydrogens is 308 g/mol. The van der Waals surface area contributed by atoms with Gasteiger partial charge in [0.2, 0.25) is 5.95 Å². The second kappa shape index (κ2) is 7.77. The van der Waals surface area contributed by atoms with Crippen molar-refractivity contribution in [1.29, 1.82) is 0 Å². The smallest absolute Gasteiger partial charge is 0.222 e. The predicted molar refractivity (Wildman–Crippen MR) is 79.0 cm³/mol. The van der Waals surface area contributed by atoms with Crippen LogP contribution in [0.5, 0.6) is 0 Å². The summed E-state index contributed by atoms with van der Waals surface area (Å²) in [7, 11) is 0. The van der Waals surface area contributed by atoms with Crippen molar-refractivity contribution >= 4 is 21.9 Å². The molecule has 0 radical (unpaired) electrons. The number of hydrogen-bond donors (Lipinski definition) is 2. The van der Waals surface area contributed by atoms with Gasteiger partial charge in [0.05, 0.1) is 10.6 Å². The Morgan fingerprint density at radius 1 is 1.26 bits per heavy atom. The van der Waals surface area contributed by atoms with Crippen LogP contribution < -0.4 is 11.1 Å². The van der Waals surface area contributed by atoms with E-state index in [9.17, 15) is 0 Å². The third kappa shape index (κ3) is 5.42. The molecule has 0 unspecified atom stereocenters. The molecule has 0 saturated heterocycles. The first-order valence-electron chi connectivity index (χ1n) is 6.82. The summed E-state index contributed by atoms with van der Waals surface area (Å²) in [5, 5.41) is 3.17. The van der Waals surface area contributed by atoms with Gasteiger partial charge in [-0.15, -0.1) is 0 Å². The summed E-state index contributed by atoms with van der Waals surface area (Å²) >= 11 is 3.31. The minimum atomic E-state index is 0.385. The van der Waals surface area contributed by atoms with E-state index >= 15 is 0 Å². The lowest BCUT2D eigenvalue weighted by atomic mass is 9.94. The molecule has 3 N–H and O–H groups in total. The molecule has 0 spiro atoms. The summed E-state index contributed by atoms with van der Waals surface area (Å²) in [6.45, 7) is 1.61. The highest BCUT2D eigenvalue weighted by Crippen LogP contribution is 2.19. The van der Waals surface area contributed by atoms with Crippen molar-refractivity contribution < 1.29 is 4.74 Å². The Hall–Kier alpha value is -0.720. The summed E-state index contributed by atoms with van der Waals surface area (Å²) in [6.07, 6.45) is 9.22. The summed E-state index contributed by atoms with van der Waals surface area (Å²) in [4.78, 5) is 8.30. The molecule has 1 aliphatic rings. The number of halogens is 1. The molecule has 1 fully saturated rings.